The molecule has 0 aromatic heterocycles. The van der Waals surface area contributed by atoms with E-state index in [9.17, 15) is 9.18 Å². The molecule has 0 radical (unpaired) electrons. The molecule has 1 aliphatic heterocycles. The number of rotatable bonds is 2. The summed E-state index contributed by atoms with van der Waals surface area (Å²) in [6.45, 7) is 1.33. The van der Waals surface area contributed by atoms with Gasteiger partial charge in [-0.3, -0.25) is 4.79 Å². The first-order valence-electron chi connectivity index (χ1n) is 5.43. The van der Waals surface area contributed by atoms with Crippen LogP contribution in [0.1, 0.15) is 10.4 Å². The molecule has 1 heterocycles. The van der Waals surface area contributed by atoms with E-state index in [-0.39, 0.29) is 17.6 Å². The van der Waals surface area contributed by atoms with Gasteiger partial charge in [-0.1, -0.05) is 12.1 Å². The molecule has 2 rings (SSSR count). The summed E-state index contributed by atoms with van der Waals surface area (Å²) in [7, 11) is 0. The number of carbonyl (C=O) groups excluding carboxylic acids is 1. The fourth-order valence-corrected chi connectivity index (χ4v) is 1.99. The average molecular weight is 258 g/mol. The highest BCUT2D eigenvalue weighted by Crippen LogP contribution is 2.14. The number of morpholine rings is 1. The van der Waals surface area contributed by atoms with Crippen molar-refractivity contribution in [1.82, 2.24) is 4.90 Å². The SMILES string of the molecule is O=C(c1ccccc1F)N1CCOC(CCl)C1. The maximum atomic E-state index is 13.5. The Bertz CT molecular complexity index is 413. The Hall–Kier alpha value is -1.13. The normalized spacial score (nSPS) is 20.4. The summed E-state index contributed by atoms with van der Waals surface area (Å²) in [4.78, 5) is 13.6. The Morgan fingerprint density at radius 1 is 1.53 bits per heavy atom. The minimum atomic E-state index is -0.494. The van der Waals surface area contributed by atoms with Crippen molar-refractivity contribution in [3.63, 3.8) is 0 Å². The molecule has 0 bridgehead atoms. The second-order valence-electron chi connectivity index (χ2n) is 3.88. The molecular weight excluding hydrogens is 245 g/mol. The number of hydrogen-bond donors (Lipinski definition) is 0. The van der Waals surface area contributed by atoms with Crippen molar-refractivity contribution >= 4 is 17.5 Å². The van der Waals surface area contributed by atoms with E-state index in [1.807, 2.05) is 0 Å². The van der Waals surface area contributed by atoms with Crippen molar-refractivity contribution < 1.29 is 13.9 Å². The van der Waals surface area contributed by atoms with E-state index < -0.39 is 5.82 Å². The zero-order valence-corrected chi connectivity index (χ0v) is 9.99. The highest BCUT2D eigenvalue weighted by Gasteiger charge is 2.25. The lowest BCUT2D eigenvalue weighted by atomic mass is 10.1. The van der Waals surface area contributed by atoms with Gasteiger partial charge in [-0.25, -0.2) is 4.39 Å². The van der Waals surface area contributed by atoms with Crippen LogP contribution in [-0.4, -0.2) is 42.5 Å². The molecule has 17 heavy (non-hydrogen) atoms. The first-order chi connectivity index (χ1) is 8.22. The molecule has 1 amide bonds. The molecule has 5 heteroatoms. The Balaban J connectivity index is 2.12. The smallest absolute Gasteiger partial charge is 0.256 e. The van der Waals surface area contributed by atoms with Gasteiger partial charge in [-0.05, 0) is 12.1 Å². The summed E-state index contributed by atoms with van der Waals surface area (Å²) in [5.74, 6) is -0.464. The maximum Gasteiger partial charge on any atom is 0.256 e. The number of amides is 1. The highest BCUT2D eigenvalue weighted by molar-refractivity contribution is 6.18. The lowest BCUT2D eigenvalue weighted by molar-refractivity contribution is -0.0109. The van der Waals surface area contributed by atoms with E-state index >= 15 is 0 Å². The van der Waals surface area contributed by atoms with Crippen LogP contribution in [0.3, 0.4) is 0 Å². The van der Waals surface area contributed by atoms with Crippen molar-refractivity contribution in [2.45, 2.75) is 6.10 Å². The second-order valence-corrected chi connectivity index (χ2v) is 4.19. The van der Waals surface area contributed by atoms with Crippen LogP contribution < -0.4 is 0 Å². The minimum absolute atomic E-state index is 0.0997. The highest BCUT2D eigenvalue weighted by atomic mass is 35.5. The maximum absolute atomic E-state index is 13.5. The molecule has 0 saturated carbocycles. The Kier molecular flexibility index (Phi) is 3.97. The predicted molar refractivity (Wildman–Crippen MR) is 62.8 cm³/mol. The quantitative estimate of drug-likeness (QED) is 0.758. The van der Waals surface area contributed by atoms with E-state index in [4.69, 9.17) is 16.3 Å². The molecule has 1 aliphatic rings. The van der Waals surface area contributed by atoms with Crippen LogP contribution in [-0.2, 0) is 4.74 Å². The molecule has 0 aliphatic carbocycles. The Labute approximate surface area is 104 Å². The van der Waals surface area contributed by atoms with Gasteiger partial charge >= 0.3 is 0 Å². The van der Waals surface area contributed by atoms with Gasteiger partial charge in [0, 0.05) is 13.1 Å². The van der Waals surface area contributed by atoms with E-state index in [2.05, 4.69) is 0 Å². The van der Waals surface area contributed by atoms with Gasteiger partial charge in [0.15, 0.2) is 0 Å². The fraction of sp³-hybridized carbons (Fsp3) is 0.417. The summed E-state index contributed by atoms with van der Waals surface area (Å²) in [6, 6.07) is 5.98. The number of ether oxygens (including phenoxy) is 1. The van der Waals surface area contributed by atoms with Crippen molar-refractivity contribution in [2.75, 3.05) is 25.6 Å². The van der Waals surface area contributed by atoms with Gasteiger partial charge in [0.1, 0.15) is 5.82 Å². The largest absolute Gasteiger partial charge is 0.373 e. The Morgan fingerprint density at radius 3 is 3.00 bits per heavy atom. The third-order valence-electron chi connectivity index (χ3n) is 2.70. The van der Waals surface area contributed by atoms with Crippen molar-refractivity contribution in [3.8, 4) is 0 Å². The number of nitrogens with zero attached hydrogens (tertiary/aromatic N) is 1. The molecule has 1 fully saturated rings. The van der Waals surface area contributed by atoms with Crippen LogP contribution in [0.4, 0.5) is 4.39 Å². The van der Waals surface area contributed by atoms with Gasteiger partial charge in [-0.2, -0.15) is 0 Å². The zero-order chi connectivity index (χ0) is 12.3. The third kappa shape index (κ3) is 2.76. The standard InChI is InChI=1S/C12H13ClFNO2/c13-7-9-8-15(5-6-17-9)12(16)10-3-1-2-4-11(10)14/h1-4,9H,5-8H2. The molecule has 1 aromatic carbocycles. The monoisotopic (exact) mass is 257 g/mol. The van der Waals surface area contributed by atoms with Crippen molar-refractivity contribution in [1.29, 1.82) is 0 Å². The van der Waals surface area contributed by atoms with E-state index in [0.717, 1.165) is 0 Å². The lowest BCUT2D eigenvalue weighted by Crippen LogP contribution is -2.46. The van der Waals surface area contributed by atoms with Crippen LogP contribution in [0.2, 0.25) is 0 Å². The average Bonchev–Trinajstić information content (AvgIpc) is 2.38. The molecule has 1 atom stereocenters. The lowest BCUT2D eigenvalue weighted by Gasteiger charge is -2.32. The van der Waals surface area contributed by atoms with Gasteiger partial charge < -0.3 is 9.64 Å². The third-order valence-corrected chi connectivity index (χ3v) is 3.05. The molecule has 92 valence electrons. The first-order valence-corrected chi connectivity index (χ1v) is 5.97. The Morgan fingerprint density at radius 2 is 2.29 bits per heavy atom. The molecular formula is C12H13ClFNO2. The number of halogens is 2. The number of hydrogen-bond acceptors (Lipinski definition) is 2. The molecule has 0 N–H and O–H groups in total. The summed E-state index contributed by atoms with van der Waals surface area (Å²) in [5.41, 5.74) is 0.0997. The zero-order valence-electron chi connectivity index (χ0n) is 9.23. The number of alkyl halides is 1. The topological polar surface area (TPSA) is 29.5 Å². The number of benzene rings is 1. The summed E-state index contributed by atoms with van der Waals surface area (Å²) in [6.07, 6.45) is -0.166. The fourth-order valence-electron chi connectivity index (χ4n) is 1.80. The minimum Gasteiger partial charge on any atom is -0.373 e. The first kappa shape index (κ1) is 12.3. The molecule has 1 aromatic rings. The van der Waals surface area contributed by atoms with Gasteiger partial charge in [0.05, 0.1) is 24.2 Å². The van der Waals surface area contributed by atoms with Crippen LogP contribution in [0.25, 0.3) is 0 Å². The molecule has 1 saturated heterocycles. The van der Waals surface area contributed by atoms with Crippen LogP contribution in [0.15, 0.2) is 24.3 Å². The number of carbonyl (C=O) groups is 1. The van der Waals surface area contributed by atoms with Gasteiger partial charge in [-0.15, -0.1) is 11.6 Å². The molecule has 0 spiro atoms. The second kappa shape index (κ2) is 5.47. The molecule has 3 nitrogen and oxygen atoms in total. The van der Waals surface area contributed by atoms with Gasteiger partial charge in [0.2, 0.25) is 0 Å². The van der Waals surface area contributed by atoms with Gasteiger partial charge in [0.25, 0.3) is 5.91 Å². The van der Waals surface area contributed by atoms with E-state index in [0.29, 0.717) is 25.6 Å². The van der Waals surface area contributed by atoms with E-state index in [1.165, 1.54) is 12.1 Å². The molecule has 1 unspecified atom stereocenters. The van der Waals surface area contributed by atoms with Crippen molar-refractivity contribution in [2.24, 2.45) is 0 Å². The summed E-state index contributed by atoms with van der Waals surface area (Å²) in [5, 5.41) is 0. The van der Waals surface area contributed by atoms with Crippen LogP contribution >= 0.6 is 11.6 Å². The van der Waals surface area contributed by atoms with Crippen LogP contribution in [0, 0.1) is 5.82 Å². The summed E-state index contributed by atoms with van der Waals surface area (Å²) >= 11 is 5.69. The summed E-state index contributed by atoms with van der Waals surface area (Å²) < 4.78 is 18.8. The van der Waals surface area contributed by atoms with Crippen LogP contribution in [0.5, 0.6) is 0 Å². The van der Waals surface area contributed by atoms with Crippen molar-refractivity contribution in [3.05, 3.63) is 35.6 Å². The predicted octanol–water partition coefficient (Wildman–Crippen LogP) is 1.91. The van der Waals surface area contributed by atoms with E-state index in [1.54, 1.807) is 17.0 Å².